The highest BCUT2D eigenvalue weighted by Crippen LogP contribution is 2.25. The number of nitrogens with zero attached hydrogens (tertiary/aromatic N) is 1. The number of thiophene rings is 1. The van der Waals surface area contributed by atoms with Crippen LogP contribution in [0.1, 0.15) is 15.6 Å². The largest absolute Gasteiger partial charge is 0.349 e. The highest BCUT2D eigenvalue weighted by molar-refractivity contribution is 9.10. The molecule has 0 atom stereocenters. The molecule has 0 spiro atoms. The molecule has 2 aromatic heterocycles. The standard InChI is InChI=1S/C11H14BrN3S/c1-8-10(12)6-9(16-8)7-13-3-2-11-14-4-5-15-11/h4-6,13H,2-3,7H2,1H3,(H,14,15). The summed E-state index contributed by atoms with van der Waals surface area (Å²) in [5.41, 5.74) is 0. The van der Waals surface area contributed by atoms with Gasteiger partial charge in [0.1, 0.15) is 5.82 Å². The lowest BCUT2D eigenvalue weighted by atomic mass is 10.4. The second kappa shape index (κ2) is 5.61. The van der Waals surface area contributed by atoms with Crippen LogP contribution < -0.4 is 5.32 Å². The molecule has 3 nitrogen and oxygen atoms in total. The summed E-state index contributed by atoms with van der Waals surface area (Å²) in [7, 11) is 0. The van der Waals surface area contributed by atoms with E-state index in [1.54, 1.807) is 6.20 Å². The van der Waals surface area contributed by atoms with E-state index in [4.69, 9.17) is 0 Å². The number of hydrogen-bond donors (Lipinski definition) is 2. The molecule has 16 heavy (non-hydrogen) atoms. The zero-order valence-electron chi connectivity index (χ0n) is 9.09. The van der Waals surface area contributed by atoms with Crippen molar-refractivity contribution in [3.63, 3.8) is 0 Å². The molecular weight excluding hydrogens is 286 g/mol. The van der Waals surface area contributed by atoms with Crippen LogP contribution in [0.15, 0.2) is 22.9 Å². The summed E-state index contributed by atoms with van der Waals surface area (Å²) < 4.78 is 1.21. The predicted octanol–water partition coefficient (Wildman–Crippen LogP) is 2.87. The summed E-state index contributed by atoms with van der Waals surface area (Å²) in [4.78, 5) is 9.97. The molecule has 0 aromatic carbocycles. The molecule has 2 aromatic rings. The molecule has 0 aliphatic heterocycles. The summed E-state index contributed by atoms with van der Waals surface area (Å²) in [5.74, 6) is 1.04. The molecule has 5 heteroatoms. The molecule has 2 heterocycles. The first-order valence-corrected chi connectivity index (χ1v) is 6.80. The van der Waals surface area contributed by atoms with Gasteiger partial charge in [-0.1, -0.05) is 0 Å². The Morgan fingerprint density at radius 3 is 3.06 bits per heavy atom. The van der Waals surface area contributed by atoms with Gasteiger partial charge in [0.15, 0.2) is 0 Å². The monoisotopic (exact) mass is 299 g/mol. The molecule has 0 bridgehead atoms. The maximum atomic E-state index is 4.18. The first kappa shape index (κ1) is 11.8. The van der Waals surface area contributed by atoms with E-state index in [0.717, 1.165) is 25.3 Å². The van der Waals surface area contributed by atoms with Crippen molar-refractivity contribution in [3.8, 4) is 0 Å². The van der Waals surface area contributed by atoms with Gasteiger partial charge in [-0.05, 0) is 28.9 Å². The van der Waals surface area contributed by atoms with Gasteiger partial charge >= 0.3 is 0 Å². The Bertz CT molecular complexity index is 417. The number of H-pyrrole nitrogens is 1. The van der Waals surface area contributed by atoms with Gasteiger partial charge in [-0.3, -0.25) is 0 Å². The number of rotatable bonds is 5. The average molecular weight is 300 g/mol. The summed E-state index contributed by atoms with van der Waals surface area (Å²) in [6, 6.07) is 2.18. The Balaban J connectivity index is 1.72. The highest BCUT2D eigenvalue weighted by atomic mass is 79.9. The van der Waals surface area contributed by atoms with Gasteiger partial charge < -0.3 is 10.3 Å². The number of aromatic nitrogens is 2. The van der Waals surface area contributed by atoms with E-state index in [-0.39, 0.29) is 0 Å². The molecule has 0 unspecified atom stereocenters. The van der Waals surface area contributed by atoms with Crippen LogP contribution >= 0.6 is 27.3 Å². The van der Waals surface area contributed by atoms with Gasteiger partial charge in [0, 0.05) is 46.1 Å². The molecule has 0 aliphatic carbocycles. The number of hydrogen-bond acceptors (Lipinski definition) is 3. The molecule has 2 N–H and O–H groups in total. The fraction of sp³-hybridized carbons (Fsp3) is 0.364. The third kappa shape index (κ3) is 3.17. The molecule has 0 radical (unpaired) electrons. The van der Waals surface area contributed by atoms with Crippen LogP contribution in [0.3, 0.4) is 0 Å². The molecule has 0 saturated carbocycles. The van der Waals surface area contributed by atoms with Crippen molar-refractivity contribution in [2.45, 2.75) is 19.9 Å². The van der Waals surface area contributed by atoms with Crippen LogP contribution in [0.4, 0.5) is 0 Å². The lowest BCUT2D eigenvalue weighted by Gasteiger charge is -2.00. The summed E-state index contributed by atoms with van der Waals surface area (Å²) in [6.07, 6.45) is 4.59. The lowest BCUT2D eigenvalue weighted by molar-refractivity contribution is 0.680. The number of halogens is 1. The van der Waals surface area contributed by atoms with Crippen LogP contribution in [0.5, 0.6) is 0 Å². The number of nitrogens with one attached hydrogen (secondary N) is 2. The van der Waals surface area contributed by atoms with Crippen molar-refractivity contribution in [2.24, 2.45) is 0 Å². The fourth-order valence-corrected chi connectivity index (χ4v) is 3.03. The van der Waals surface area contributed by atoms with Gasteiger partial charge in [0.25, 0.3) is 0 Å². The second-order valence-electron chi connectivity index (χ2n) is 3.58. The molecule has 86 valence electrons. The highest BCUT2D eigenvalue weighted by Gasteiger charge is 2.02. The van der Waals surface area contributed by atoms with Gasteiger partial charge in [-0.2, -0.15) is 0 Å². The van der Waals surface area contributed by atoms with E-state index in [0.29, 0.717) is 0 Å². The molecule has 0 amide bonds. The first-order valence-electron chi connectivity index (χ1n) is 5.19. The Morgan fingerprint density at radius 1 is 1.56 bits per heavy atom. The normalized spacial score (nSPS) is 10.9. The van der Waals surface area contributed by atoms with Crippen molar-refractivity contribution in [1.29, 1.82) is 0 Å². The Hall–Kier alpha value is -0.650. The molecule has 0 saturated heterocycles. The van der Waals surface area contributed by atoms with E-state index in [9.17, 15) is 0 Å². The SMILES string of the molecule is Cc1sc(CNCCc2ncc[nH]2)cc1Br. The van der Waals surface area contributed by atoms with Crippen LogP contribution in [0.2, 0.25) is 0 Å². The lowest BCUT2D eigenvalue weighted by Crippen LogP contribution is -2.16. The third-order valence-electron chi connectivity index (χ3n) is 2.30. The molecule has 0 aliphatic rings. The van der Waals surface area contributed by atoms with Crippen molar-refractivity contribution >= 4 is 27.3 Å². The van der Waals surface area contributed by atoms with Crippen LogP contribution in [0, 0.1) is 6.92 Å². The topological polar surface area (TPSA) is 40.7 Å². The third-order valence-corrected chi connectivity index (χ3v) is 4.44. The molecule has 2 rings (SSSR count). The summed E-state index contributed by atoms with van der Waals surface area (Å²) in [5, 5.41) is 3.41. The van der Waals surface area contributed by atoms with E-state index < -0.39 is 0 Å². The van der Waals surface area contributed by atoms with Gasteiger partial charge in [0.2, 0.25) is 0 Å². The van der Waals surface area contributed by atoms with E-state index in [1.165, 1.54) is 14.2 Å². The Labute approximate surface area is 107 Å². The van der Waals surface area contributed by atoms with E-state index in [1.807, 2.05) is 17.5 Å². The predicted molar refractivity (Wildman–Crippen MR) is 70.8 cm³/mol. The quantitative estimate of drug-likeness (QED) is 0.834. The minimum Gasteiger partial charge on any atom is -0.349 e. The number of aromatic amines is 1. The van der Waals surface area contributed by atoms with Crippen molar-refractivity contribution in [3.05, 3.63) is 38.5 Å². The minimum absolute atomic E-state index is 0.928. The molecule has 0 fully saturated rings. The van der Waals surface area contributed by atoms with Crippen LogP contribution in [0.25, 0.3) is 0 Å². The second-order valence-corrected chi connectivity index (χ2v) is 5.77. The zero-order valence-corrected chi connectivity index (χ0v) is 11.5. The minimum atomic E-state index is 0.928. The van der Waals surface area contributed by atoms with Gasteiger partial charge in [0.05, 0.1) is 0 Å². The number of imidazole rings is 1. The maximum Gasteiger partial charge on any atom is 0.107 e. The van der Waals surface area contributed by atoms with Crippen molar-refractivity contribution in [2.75, 3.05) is 6.54 Å². The van der Waals surface area contributed by atoms with Crippen LogP contribution in [-0.4, -0.2) is 16.5 Å². The van der Waals surface area contributed by atoms with Gasteiger partial charge in [-0.25, -0.2) is 4.98 Å². The van der Waals surface area contributed by atoms with Gasteiger partial charge in [-0.15, -0.1) is 11.3 Å². The molecular formula is C11H14BrN3S. The van der Waals surface area contributed by atoms with E-state index in [2.05, 4.69) is 44.2 Å². The average Bonchev–Trinajstić information content (AvgIpc) is 2.85. The fourth-order valence-electron chi connectivity index (χ4n) is 1.46. The first-order chi connectivity index (χ1) is 7.75. The van der Waals surface area contributed by atoms with Crippen LogP contribution in [-0.2, 0) is 13.0 Å². The smallest absolute Gasteiger partial charge is 0.107 e. The Morgan fingerprint density at radius 2 is 2.44 bits per heavy atom. The van der Waals surface area contributed by atoms with Crippen molar-refractivity contribution in [1.82, 2.24) is 15.3 Å². The summed E-state index contributed by atoms with van der Waals surface area (Å²) >= 11 is 5.35. The van der Waals surface area contributed by atoms with Crippen molar-refractivity contribution < 1.29 is 0 Å². The Kier molecular flexibility index (Phi) is 4.15. The maximum absolute atomic E-state index is 4.18. The zero-order chi connectivity index (χ0) is 11.4. The number of aryl methyl sites for hydroxylation is 1. The van der Waals surface area contributed by atoms with E-state index >= 15 is 0 Å². The summed E-state index contributed by atoms with van der Waals surface area (Å²) in [6.45, 7) is 4.00.